The van der Waals surface area contributed by atoms with Crippen molar-refractivity contribution in [2.24, 2.45) is 23.3 Å². The van der Waals surface area contributed by atoms with Crippen LogP contribution in [0.15, 0.2) is 60.9 Å². The summed E-state index contributed by atoms with van der Waals surface area (Å²) in [6.07, 6.45) is 6.91. The highest BCUT2D eigenvalue weighted by atomic mass is 35.5. The van der Waals surface area contributed by atoms with Crippen LogP contribution in [0.1, 0.15) is 31.2 Å². The van der Waals surface area contributed by atoms with Crippen LogP contribution in [0.4, 0.5) is 11.6 Å². The summed E-state index contributed by atoms with van der Waals surface area (Å²) < 4.78 is 0. The predicted molar refractivity (Wildman–Crippen MR) is 167 cm³/mol. The van der Waals surface area contributed by atoms with Gasteiger partial charge in [-0.3, -0.25) is 9.59 Å². The van der Waals surface area contributed by atoms with Crippen LogP contribution in [0.5, 0.6) is 0 Å². The Morgan fingerprint density at radius 1 is 0.977 bits per heavy atom. The number of aromatic nitrogens is 6. The average Bonchev–Trinajstić information content (AvgIpc) is 3.57. The molecule has 0 bridgehead atoms. The molecule has 0 spiro atoms. The lowest BCUT2D eigenvalue weighted by Crippen LogP contribution is -2.50. The molecule has 1 saturated carbocycles. The second-order valence-electron chi connectivity index (χ2n) is 10.9. The van der Waals surface area contributed by atoms with Crippen molar-refractivity contribution in [1.29, 1.82) is 0 Å². The summed E-state index contributed by atoms with van der Waals surface area (Å²) in [5.74, 6) is 0.501. The molecule has 5 N–H and O–H groups in total. The summed E-state index contributed by atoms with van der Waals surface area (Å²) in [6.45, 7) is 0.608. The third-order valence-corrected chi connectivity index (χ3v) is 7.77. The van der Waals surface area contributed by atoms with Gasteiger partial charge >= 0.3 is 0 Å². The Kier molecular flexibility index (Phi) is 10.5. The lowest BCUT2D eigenvalue weighted by atomic mass is 9.81. The van der Waals surface area contributed by atoms with Crippen LogP contribution in [0.3, 0.4) is 0 Å². The third kappa shape index (κ3) is 7.39. The van der Waals surface area contributed by atoms with Crippen LogP contribution in [0.2, 0.25) is 0 Å². The Balaban J connectivity index is 0.00000423. The maximum Gasteiger partial charge on any atom is 0.251 e. The smallest absolute Gasteiger partial charge is 0.251 e. The Morgan fingerprint density at radius 3 is 2.28 bits per heavy atom. The summed E-state index contributed by atoms with van der Waals surface area (Å²) >= 11 is 0. The van der Waals surface area contributed by atoms with E-state index in [4.69, 9.17) is 11.5 Å². The molecule has 1 aliphatic carbocycles. The van der Waals surface area contributed by atoms with Gasteiger partial charge in [-0.2, -0.15) is 5.21 Å². The van der Waals surface area contributed by atoms with Gasteiger partial charge in [0.2, 0.25) is 17.7 Å². The Labute approximate surface area is 256 Å². The summed E-state index contributed by atoms with van der Waals surface area (Å²) in [4.78, 5) is 39.7. The number of tetrazole rings is 1. The maximum atomic E-state index is 13.9. The van der Waals surface area contributed by atoms with E-state index in [9.17, 15) is 9.59 Å². The van der Waals surface area contributed by atoms with Crippen LogP contribution in [0, 0.1) is 11.8 Å². The number of H-pyrrole nitrogens is 1. The minimum absolute atomic E-state index is 0. The third-order valence-electron chi connectivity index (χ3n) is 7.77. The summed E-state index contributed by atoms with van der Waals surface area (Å²) in [6, 6.07) is 13.8. The fraction of sp³-hybridized carbons (Fsp3) is 0.367. The number of amides is 2. The molecule has 4 aromatic rings. The second-order valence-corrected chi connectivity index (χ2v) is 10.9. The quantitative estimate of drug-likeness (QED) is 0.258. The normalized spacial score (nSPS) is 17.0. The van der Waals surface area contributed by atoms with Gasteiger partial charge in [0.15, 0.2) is 0 Å². The molecule has 13 heteroatoms. The van der Waals surface area contributed by atoms with E-state index in [1.54, 1.807) is 36.7 Å². The number of nitrogens with two attached hydrogens (primary N) is 2. The number of carbonyl (C=O) groups excluding carboxylic acids is 2. The molecule has 1 fully saturated rings. The van der Waals surface area contributed by atoms with E-state index in [0.29, 0.717) is 48.3 Å². The Hall–Kier alpha value is -4.26. The summed E-state index contributed by atoms with van der Waals surface area (Å²) in [5, 5.41) is 14.0. The molecule has 2 amide bonds. The van der Waals surface area contributed by atoms with E-state index >= 15 is 0 Å². The highest BCUT2D eigenvalue weighted by Gasteiger charge is 2.35. The molecule has 12 nitrogen and oxygen atoms in total. The van der Waals surface area contributed by atoms with Crippen molar-refractivity contribution in [1.82, 2.24) is 30.6 Å². The molecular formula is C30H37ClN10O2. The largest absolute Gasteiger partial charge is 0.347 e. The number of hydrogen-bond acceptors (Lipinski definition) is 10. The monoisotopic (exact) mass is 604 g/mol. The fourth-order valence-corrected chi connectivity index (χ4v) is 5.32. The van der Waals surface area contributed by atoms with Gasteiger partial charge in [0, 0.05) is 43.5 Å². The predicted octanol–water partition coefficient (Wildman–Crippen LogP) is 3.01. The minimum Gasteiger partial charge on any atom is -0.347 e. The zero-order valence-corrected chi connectivity index (χ0v) is 25.1. The number of hydrogen-bond donors (Lipinski definition) is 3. The molecule has 226 valence electrons. The molecule has 0 radical (unpaired) electrons. The van der Waals surface area contributed by atoms with Gasteiger partial charge in [0.25, 0.3) is 5.91 Å². The molecule has 2 aromatic heterocycles. The molecule has 0 aliphatic heterocycles. The first-order chi connectivity index (χ1) is 20.3. The molecule has 5 rings (SSSR count). The minimum atomic E-state index is -0.936. The number of benzene rings is 2. The number of rotatable bonds is 9. The topological polar surface area (TPSA) is 173 Å². The number of carbonyl (C=O) groups is 2. The lowest BCUT2D eigenvalue weighted by Gasteiger charge is -2.32. The first kappa shape index (κ1) is 31.7. The van der Waals surface area contributed by atoms with Crippen molar-refractivity contribution in [3.05, 3.63) is 66.5 Å². The number of aromatic amines is 1. The SMILES string of the molecule is CN(C)c1ncc(-c2cccc(C[C@H](N)C(=O)N(C(=O)C3CCC(CN)CC3)c3ccc(-c4nn[nH]n4)cc3)c2)cn1.Cl. The van der Waals surface area contributed by atoms with Gasteiger partial charge in [0.1, 0.15) is 0 Å². The zero-order chi connectivity index (χ0) is 29.6. The van der Waals surface area contributed by atoms with Gasteiger partial charge in [0.05, 0.1) is 11.7 Å². The number of nitrogens with zero attached hydrogens (tertiary/aromatic N) is 7. The molecule has 43 heavy (non-hydrogen) atoms. The Bertz CT molecular complexity index is 1490. The Morgan fingerprint density at radius 2 is 1.67 bits per heavy atom. The first-order valence-corrected chi connectivity index (χ1v) is 14.1. The standard InChI is InChI=1S/C30H36N10O2.ClH/c1-39(2)30-33-17-24(18-34-30)23-5-3-4-20(14-23)15-26(32)29(42)40(28(41)22-8-6-19(16-31)7-9-22)25-12-10-21(11-13-25)27-35-37-38-36-27;/h3-5,10-14,17-19,22,26H,6-9,15-16,31-32H2,1-2H3,(H,35,36,37,38);1H/t19?,22?,26-;/m0./s1. The molecule has 2 aromatic carbocycles. The number of halogens is 1. The van der Waals surface area contributed by atoms with Crippen LogP contribution < -0.4 is 21.3 Å². The van der Waals surface area contributed by atoms with Gasteiger partial charge in [-0.1, -0.05) is 24.3 Å². The zero-order valence-electron chi connectivity index (χ0n) is 24.3. The number of nitrogens with one attached hydrogen (secondary N) is 1. The van der Waals surface area contributed by atoms with E-state index in [2.05, 4.69) is 30.6 Å². The summed E-state index contributed by atoms with van der Waals surface area (Å²) in [7, 11) is 3.77. The molecule has 0 unspecified atom stereocenters. The summed E-state index contributed by atoms with van der Waals surface area (Å²) in [5.41, 5.74) is 16.2. The van der Waals surface area contributed by atoms with E-state index < -0.39 is 11.9 Å². The van der Waals surface area contributed by atoms with Crippen molar-refractivity contribution in [2.75, 3.05) is 30.4 Å². The maximum absolute atomic E-state index is 13.9. The van der Waals surface area contributed by atoms with E-state index in [-0.39, 0.29) is 30.7 Å². The van der Waals surface area contributed by atoms with Crippen LogP contribution >= 0.6 is 12.4 Å². The number of imide groups is 1. The van der Waals surface area contributed by atoms with E-state index in [1.165, 1.54) is 4.90 Å². The van der Waals surface area contributed by atoms with Crippen molar-refractivity contribution >= 4 is 35.9 Å². The lowest BCUT2D eigenvalue weighted by molar-refractivity contribution is -0.130. The highest BCUT2D eigenvalue weighted by molar-refractivity contribution is 6.17. The van der Waals surface area contributed by atoms with Gasteiger partial charge in [-0.25, -0.2) is 14.9 Å². The van der Waals surface area contributed by atoms with E-state index in [0.717, 1.165) is 29.5 Å². The van der Waals surface area contributed by atoms with Gasteiger partial charge in [-0.05, 0) is 85.2 Å². The molecule has 1 atom stereocenters. The molecule has 0 saturated heterocycles. The van der Waals surface area contributed by atoms with Crippen LogP contribution in [-0.4, -0.2) is 69.1 Å². The average molecular weight is 605 g/mol. The van der Waals surface area contributed by atoms with Crippen molar-refractivity contribution in [3.63, 3.8) is 0 Å². The molecule has 2 heterocycles. The van der Waals surface area contributed by atoms with Crippen LogP contribution in [0.25, 0.3) is 22.5 Å². The second kappa shape index (κ2) is 14.3. The fourth-order valence-electron chi connectivity index (χ4n) is 5.32. The molecule has 1 aliphatic rings. The number of anilines is 2. The van der Waals surface area contributed by atoms with E-state index in [1.807, 2.05) is 43.3 Å². The van der Waals surface area contributed by atoms with Crippen molar-refractivity contribution in [2.45, 2.75) is 38.1 Å². The van der Waals surface area contributed by atoms with Gasteiger partial charge in [-0.15, -0.1) is 22.6 Å². The van der Waals surface area contributed by atoms with Crippen molar-refractivity contribution < 1.29 is 9.59 Å². The van der Waals surface area contributed by atoms with Crippen LogP contribution in [-0.2, 0) is 16.0 Å². The van der Waals surface area contributed by atoms with Crippen molar-refractivity contribution in [3.8, 4) is 22.5 Å². The van der Waals surface area contributed by atoms with Gasteiger partial charge < -0.3 is 16.4 Å². The highest BCUT2D eigenvalue weighted by Crippen LogP contribution is 2.32. The molecular weight excluding hydrogens is 568 g/mol. The first-order valence-electron chi connectivity index (χ1n) is 14.1.